The second kappa shape index (κ2) is 4.66. The van der Waals surface area contributed by atoms with Gasteiger partial charge in [-0.1, -0.05) is 15.9 Å². The molecule has 0 radical (unpaired) electrons. The SMILES string of the molecule is COc1c(C)cc(Br)c(C)c1CC(=O)O. The van der Waals surface area contributed by atoms with E-state index in [2.05, 4.69) is 15.9 Å². The van der Waals surface area contributed by atoms with E-state index in [1.807, 2.05) is 19.9 Å². The lowest BCUT2D eigenvalue weighted by atomic mass is 10.0. The van der Waals surface area contributed by atoms with Gasteiger partial charge in [-0.25, -0.2) is 0 Å². The molecule has 0 aliphatic carbocycles. The standard InChI is InChI=1S/C11H13BrO3/c1-6-4-9(12)7(2)8(5-10(13)14)11(6)15-3/h4H,5H2,1-3H3,(H,13,14). The molecule has 0 bridgehead atoms. The molecule has 0 heterocycles. The van der Waals surface area contributed by atoms with Gasteiger partial charge in [0.2, 0.25) is 0 Å². The molecule has 4 heteroatoms. The van der Waals surface area contributed by atoms with Crippen LogP contribution in [0.25, 0.3) is 0 Å². The topological polar surface area (TPSA) is 46.5 Å². The molecule has 1 aromatic rings. The molecule has 1 N–H and O–H groups in total. The first kappa shape index (κ1) is 12.0. The highest BCUT2D eigenvalue weighted by Crippen LogP contribution is 2.32. The highest BCUT2D eigenvalue weighted by Gasteiger charge is 2.15. The number of halogens is 1. The molecule has 0 aliphatic rings. The van der Waals surface area contributed by atoms with Crippen LogP contribution in [0.3, 0.4) is 0 Å². The Morgan fingerprint density at radius 1 is 1.53 bits per heavy atom. The van der Waals surface area contributed by atoms with E-state index in [9.17, 15) is 4.79 Å². The van der Waals surface area contributed by atoms with Crippen molar-refractivity contribution >= 4 is 21.9 Å². The maximum Gasteiger partial charge on any atom is 0.307 e. The summed E-state index contributed by atoms with van der Waals surface area (Å²) in [5.41, 5.74) is 2.59. The third kappa shape index (κ3) is 2.50. The minimum Gasteiger partial charge on any atom is -0.496 e. The van der Waals surface area contributed by atoms with Crippen LogP contribution in [0.1, 0.15) is 16.7 Å². The predicted octanol–water partition coefficient (Wildman–Crippen LogP) is 2.70. The Morgan fingerprint density at radius 3 is 2.60 bits per heavy atom. The fourth-order valence-electron chi connectivity index (χ4n) is 1.56. The van der Waals surface area contributed by atoms with Crippen LogP contribution in [-0.2, 0) is 11.2 Å². The van der Waals surface area contributed by atoms with Gasteiger partial charge in [0, 0.05) is 10.0 Å². The lowest BCUT2D eigenvalue weighted by Crippen LogP contribution is -2.06. The van der Waals surface area contributed by atoms with Crippen LogP contribution in [0, 0.1) is 13.8 Å². The van der Waals surface area contributed by atoms with Gasteiger partial charge in [0.05, 0.1) is 13.5 Å². The lowest BCUT2D eigenvalue weighted by molar-refractivity contribution is -0.136. The molecule has 1 rings (SSSR count). The maximum atomic E-state index is 10.7. The molecule has 0 aliphatic heterocycles. The summed E-state index contributed by atoms with van der Waals surface area (Å²) in [6.07, 6.45) is -0.0186. The van der Waals surface area contributed by atoms with Gasteiger partial charge >= 0.3 is 5.97 Å². The summed E-state index contributed by atoms with van der Waals surface area (Å²) in [6.45, 7) is 3.78. The first-order valence-electron chi connectivity index (χ1n) is 4.51. The van der Waals surface area contributed by atoms with E-state index < -0.39 is 5.97 Å². The zero-order valence-corrected chi connectivity index (χ0v) is 10.5. The summed E-state index contributed by atoms with van der Waals surface area (Å²) >= 11 is 3.40. The summed E-state index contributed by atoms with van der Waals surface area (Å²) in [5.74, 6) is -0.188. The molecule has 0 atom stereocenters. The molecule has 0 amide bonds. The average Bonchev–Trinajstić information content (AvgIpc) is 2.13. The van der Waals surface area contributed by atoms with E-state index in [4.69, 9.17) is 9.84 Å². The molecule has 0 unspecified atom stereocenters. The number of benzene rings is 1. The number of carbonyl (C=O) groups is 1. The summed E-state index contributed by atoms with van der Waals surface area (Å²) in [7, 11) is 1.56. The first-order chi connectivity index (χ1) is 6.97. The van der Waals surface area contributed by atoms with Crippen LogP contribution in [0.2, 0.25) is 0 Å². The Kier molecular flexibility index (Phi) is 3.74. The molecule has 82 valence electrons. The number of hydrogen-bond donors (Lipinski definition) is 1. The van der Waals surface area contributed by atoms with Crippen molar-refractivity contribution in [1.82, 2.24) is 0 Å². The molecule has 0 aromatic heterocycles. The highest BCUT2D eigenvalue weighted by molar-refractivity contribution is 9.10. The zero-order chi connectivity index (χ0) is 11.6. The Morgan fingerprint density at radius 2 is 2.13 bits per heavy atom. The van der Waals surface area contributed by atoms with Gasteiger partial charge < -0.3 is 9.84 Å². The van der Waals surface area contributed by atoms with Crippen molar-refractivity contribution in [2.75, 3.05) is 7.11 Å². The smallest absolute Gasteiger partial charge is 0.307 e. The second-order valence-corrected chi connectivity index (χ2v) is 4.24. The number of ether oxygens (including phenoxy) is 1. The number of aryl methyl sites for hydroxylation is 1. The van der Waals surface area contributed by atoms with E-state index in [-0.39, 0.29) is 6.42 Å². The van der Waals surface area contributed by atoms with Gasteiger partial charge in [0.1, 0.15) is 5.75 Å². The molecule has 0 fully saturated rings. The Balaban J connectivity index is 3.36. The minimum absolute atomic E-state index is 0.0186. The molecule has 3 nitrogen and oxygen atoms in total. The van der Waals surface area contributed by atoms with Crippen LogP contribution >= 0.6 is 15.9 Å². The number of rotatable bonds is 3. The van der Waals surface area contributed by atoms with E-state index in [0.29, 0.717) is 5.75 Å². The average molecular weight is 273 g/mol. The second-order valence-electron chi connectivity index (χ2n) is 3.38. The number of aliphatic carboxylic acids is 1. The van der Waals surface area contributed by atoms with E-state index in [1.54, 1.807) is 7.11 Å². The van der Waals surface area contributed by atoms with E-state index in [1.165, 1.54) is 0 Å². The van der Waals surface area contributed by atoms with Gasteiger partial charge in [0.15, 0.2) is 0 Å². The summed E-state index contributed by atoms with van der Waals surface area (Å²) in [4.78, 5) is 10.7. The zero-order valence-electron chi connectivity index (χ0n) is 8.93. The van der Waals surface area contributed by atoms with Crippen molar-refractivity contribution in [1.29, 1.82) is 0 Å². The Labute approximate surface area is 97.2 Å². The molecule has 1 aromatic carbocycles. The fourth-order valence-corrected chi connectivity index (χ4v) is 2.15. The van der Waals surface area contributed by atoms with Crippen LogP contribution in [0.4, 0.5) is 0 Å². The third-order valence-electron chi connectivity index (χ3n) is 2.32. The quantitative estimate of drug-likeness (QED) is 0.921. The fraction of sp³-hybridized carbons (Fsp3) is 0.364. The molecular formula is C11H13BrO3. The minimum atomic E-state index is -0.853. The number of carboxylic acid groups (broad SMARTS) is 1. The van der Waals surface area contributed by atoms with Crippen molar-refractivity contribution < 1.29 is 14.6 Å². The molecule has 0 spiro atoms. The van der Waals surface area contributed by atoms with Crippen molar-refractivity contribution in [3.63, 3.8) is 0 Å². The molecule has 0 saturated heterocycles. The third-order valence-corrected chi connectivity index (χ3v) is 3.14. The first-order valence-corrected chi connectivity index (χ1v) is 5.31. The van der Waals surface area contributed by atoms with Crippen LogP contribution in [0.15, 0.2) is 10.5 Å². The number of methoxy groups -OCH3 is 1. The van der Waals surface area contributed by atoms with Crippen LogP contribution in [0.5, 0.6) is 5.75 Å². The van der Waals surface area contributed by atoms with Crippen molar-refractivity contribution in [2.24, 2.45) is 0 Å². The van der Waals surface area contributed by atoms with Crippen molar-refractivity contribution in [2.45, 2.75) is 20.3 Å². The van der Waals surface area contributed by atoms with E-state index >= 15 is 0 Å². The monoisotopic (exact) mass is 272 g/mol. The van der Waals surface area contributed by atoms with E-state index in [0.717, 1.165) is 21.2 Å². The lowest BCUT2D eigenvalue weighted by Gasteiger charge is -2.14. The van der Waals surface area contributed by atoms with Gasteiger partial charge in [-0.3, -0.25) is 4.79 Å². The Bertz CT molecular complexity index is 399. The molecule has 15 heavy (non-hydrogen) atoms. The Hall–Kier alpha value is -1.03. The van der Waals surface area contributed by atoms with Gasteiger partial charge in [0.25, 0.3) is 0 Å². The van der Waals surface area contributed by atoms with Gasteiger partial charge in [-0.05, 0) is 31.0 Å². The highest BCUT2D eigenvalue weighted by atomic mass is 79.9. The van der Waals surface area contributed by atoms with Gasteiger partial charge in [-0.15, -0.1) is 0 Å². The summed E-state index contributed by atoms with van der Waals surface area (Å²) < 4.78 is 6.14. The van der Waals surface area contributed by atoms with Crippen molar-refractivity contribution in [3.05, 3.63) is 27.2 Å². The number of carboxylic acids is 1. The molecular weight excluding hydrogens is 260 g/mol. The summed E-state index contributed by atoms with van der Waals surface area (Å²) in [6, 6.07) is 1.93. The molecule has 0 saturated carbocycles. The van der Waals surface area contributed by atoms with Gasteiger partial charge in [-0.2, -0.15) is 0 Å². The van der Waals surface area contributed by atoms with Crippen molar-refractivity contribution in [3.8, 4) is 5.75 Å². The summed E-state index contributed by atoms with van der Waals surface area (Å²) in [5, 5.41) is 8.82. The number of hydrogen-bond acceptors (Lipinski definition) is 2. The maximum absolute atomic E-state index is 10.7. The van der Waals surface area contributed by atoms with Crippen LogP contribution < -0.4 is 4.74 Å². The largest absolute Gasteiger partial charge is 0.496 e. The predicted molar refractivity (Wildman–Crippen MR) is 61.5 cm³/mol. The normalized spacial score (nSPS) is 10.1. The van der Waals surface area contributed by atoms with Crippen LogP contribution in [-0.4, -0.2) is 18.2 Å².